The van der Waals surface area contributed by atoms with E-state index in [9.17, 15) is 9.59 Å². The summed E-state index contributed by atoms with van der Waals surface area (Å²) in [4.78, 5) is 24.4. The molecule has 1 fully saturated rings. The number of urea groups is 1. The lowest BCUT2D eigenvalue weighted by Gasteiger charge is -2.21. The highest BCUT2D eigenvalue weighted by molar-refractivity contribution is 5.83. The van der Waals surface area contributed by atoms with E-state index >= 15 is 0 Å². The second kappa shape index (κ2) is 6.27. The lowest BCUT2D eigenvalue weighted by Crippen LogP contribution is -2.45. The highest BCUT2D eigenvalue weighted by atomic mass is 16.5. The number of nitrogens with one attached hydrogen (secondary N) is 1. The van der Waals surface area contributed by atoms with Gasteiger partial charge in [0.1, 0.15) is 11.8 Å². The summed E-state index contributed by atoms with van der Waals surface area (Å²) in [5, 5.41) is 11.8. The Morgan fingerprint density at radius 1 is 1.50 bits per heavy atom. The summed E-state index contributed by atoms with van der Waals surface area (Å²) in [5.41, 5.74) is 0.906. The summed E-state index contributed by atoms with van der Waals surface area (Å²) in [6, 6.07) is 6.33. The quantitative estimate of drug-likeness (QED) is 0.873. The largest absolute Gasteiger partial charge is 0.497 e. The molecule has 0 aliphatic carbocycles. The van der Waals surface area contributed by atoms with Crippen LogP contribution in [-0.2, 0) is 11.3 Å². The molecule has 2 N–H and O–H groups in total. The lowest BCUT2D eigenvalue weighted by atomic mass is 10.2. The first-order chi connectivity index (χ1) is 9.61. The van der Waals surface area contributed by atoms with Crippen LogP contribution in [0.25, 0.3) is 0 Å². The van der Waals surface area contributed by atoms with Crippen LogP contribution in [0.15, 0.2) is 24.3 Å². The lowest BCUT2D eigenvalue weighted by molar-refractivity contribution is -0.141. The van der Waals surface area contributed by atoms with Crippen LogP contribution in [0.3, 0.4) is 0 Å². The average molecular weight is 278 g/mol. The Bertz CT molecular complexity index is 504. The van der Waals surface area contributed by atoms with E-state index < -0.39 is 12.0 Å². The van der Waals surface area contributed by atoms with Crippen LogP contribution in [0.1, 0.15) is 18.4 Å². The van der Waals surface area contributed by atoms with Gasteiger partial charge in [0, 0.05) is 13.1 Å². The summed E-state index contributed by atoms with van der Waals surface area (Å²) in [6.45, 7) is 0.833. The molecular weight excluding hydrogens is 260 g/mol. The maximum Gasteiger partial charge on any atom is 0.326 e. The molecular formula is C14H18N2O4. The second-order valence-corrected chi connectivity index (χ2v) is 4.70. The van der Waals surface area contributed by atoms with E-state index in [1.165, 1.54) is 4.90 Å². The Kier molecular flexibility index (Phi) is 4.45. The molecule has 6 nitrogen and oxygen atoms in total. The van der Waals surface area contributed by atoms with Crippen LogP contribution in [0.2, 0.25) is 0 Å². The van der Waals surface area contributed by atoms with E-state index in [1.807, 2.05) is 24.3 Å². The molecule has 1 aliphatic heterocycles. The van der Waals surface area contributed by atoms with Crippen molar-refractivity contribution in [2.24, 2.45) is 0 Å². The molecule has 1 aromatic rings. The van der Waals surface area contributed by atoms with Crippen molar-refractivity contribution in [1.82, 2.24) is 10.2 Å². The number of aliphatic carboxylic acids is 1. The van der Waals surface area contributed by atoms with Crippen LogP contribution < -0.4 is 10.1 Å². The Labute approximate surface area is 117 Å². The maximum absolute atomic E-state index is 12.0. The first-order valence-corrected chi connectivity index (χ1v) is 6.52. The number of carbonyl (C=O) groups is 2. The fraction of sp³-hybridized carbons (Fsp3) is 0.429. The maximum atomic E-state index is 12.0. The van der Waals surface area contributed by atoms with Crippen molar-refractivity contribution in [2.75, 3.05) is 13.7 Å². The first kappa shape index (κ1) is 14.2. The molecule has 108 valence electrons. The van der Waals surface area contributed by atoms with E-state index in [-0.39, 0.29) is 6.03 Å². The zero-order valence-electron chi connectivity index (χ0n) is 11.3. The zero-order valence-corrected chi connectivity index (χ0v) is 11.3. The predicted molar refractivity (Wildman–Crippen MR) is 72.6 cm³/mol. The van der Waals surface area contributed by atoms with Gasteiger partial charge in [-0.2, -0.15) is 0 Å². The number of carbonyl (C=O) groups excluding carboxylic acids is 1. The summed E-state index contributed by atoms with van der Waals surface area (Å²) in [7, 11) is 1.58. The fourth-order valence-electron chi connectivity index (χ4n) is 2.33. The first-order valence-electron chi connectivity index (χ1n) is 6.52. The van der Waals surface area contributed by atoms with Crippen molar-refractivity contribution in [2.45, 2.75) is 25.4 Å². The standard InChI is InChI=1S/C14H18N2O4/c1-20-11-5-2-4-10(8-11)9-15-14(19)16-7-3-6-12(16)13(17)18/h2,4-5,8,12H,3,6-7,9H2,1H3,(H,15,19)(H,17,18)/t12-/m0/s1. The third kappa shape index (κ3) is 3.20. The summed E-state index contributed by atoms with van der Waals surface area (Å²) in [5.74, 6) is -0.222. The molecule has 0 radical (unpaired) electrons. The number of carboxylic acids is 1. The number of likely N-dealkylation sites (tertiary alicyclic amines) is 1. The smallest absolute Gasteiger partial charge is 0.326 e. The Hall–Kier alpha value is -2.24. The molecule has 1 aliphatic rings. The third-order valence-electron chi connectivity index (χ3n) is 3.38. The van der Waals surface area contributed by atoms with Crippen molar-refractivity contribution >= 4 is 12.0 Å². The fourth-order valence-corrected chi connectivity index (χ4v) is 2.33. The Morgan fingerprint density at radius 3 is 3.00 bits per heavy atom. The van der Waals surface area contributed by atoms with Gasteiger partial charge in [0.25, 0.3) is 0 Å². The van der Waals surface area contributed by atoms with Crippen LogP contribution in [0.4, 0.5) is 4.79 Å². The summed E-state index contributed by atoms with van der Waals surface area (Å²) >= 11 is 0. The highest BCUT2D eigenvalue weighted by Crippen LogP contribution is 2.18. The molecule has 0 spiro atoms. The number of benzene rings is 1. The van der Waals surface area contributed by atoms with Crippen LogP contribution in [-0.4, -0.2) is 41.7 Å². The molecule has 6 heteroatoms. The predicted octanol–water partition coefficient (Wildman–Crippen LogP) is 1.45. The molecule has 0 unspecified atom stereocenters. The minimum absolute atomic E-state index is 0.335. The van der Waals surface area contributed by atoms with E-state index in [4.69, 9.17) is 9.84 Å². The topological polar surface area (TPSA) is 78.9 Å². The summed E-state index contributed by atoms with van der Waals surface area (Å²) < 4.78 is 5.11. The molecule has 1 atom stereocenters. The minimum Gasteiger partial charge on any atom is -0.497 e. The van der Waals surface area contributed by atoms with Gasteiger partial charge in [0.2, 0.25) is 0 Å². The van der Waals surface area contributed by atoms with Gasteiger partial charge in [-0.15, -0.1) is 0 Å². The van der Waals surface area contributed by atoms with E-state index in [0.29, 0.717) is 19.5 Å². The van der Waals surface area contributed by atoms with Crippen LogP contribution in [0.5, 0.6) is 5.75 Å². The normalized spacial score (nSPS) is 17.9. The van der Waals surface area contributed by atoms with Gasteiger partial charge in [-0.1, -0.05) is 12.1 Å². The molecule has 0 bridgehead atoms. The molecule has 1 aromatic carbocycles. The number of ether oxygens (including phenoxy) is 1. The highest BCUT2D eigenvalue weighted by Gasteiger charge is 2.33. The number of methoxy groups -OCH3 is 1. The molecule has 2 rings (SSSR count). The van der Waals surface area contributed by atoms with E-state index in [2.05, 4.69) is 5.32 Å². The number of hydrogen-bond acceptors (Lipinski definition) is 3. The van der Waals surface area contributed by atoms with Crippen LogP contribution in [0, 0.1) is 0 Å². The van der Waals surface area contributed by atoms with Crippen molar-refractivity contribution in [3.05, 3.63) is 29.8 Å². The molecule has 1 saturated heterocycles. The molecule has 1 heterocycles. The number of carboxylic acid groups (broad SMARTS) is 1. The van der Waals surface area contributed by atoms with Gasteiger partial charge in [-0.25, -0.2) is 9.59 Å². The van der Waals surface area contributed by atoms with Gasteiger partial charge in [0.05, 0.1) is 7.11 Å². The molecule has 20 heavy (non-hydrogen) atoms. The number of amides is 2. The van der Waals surface area contributed by atoms with Crippen LogP contribution >= 0.6 is 0 Å². The van der Waals surface area contributed by atoms with Crippen molar-refractivity contribution in [3.8, 4) is 5.75 Å². The Balaban J connectivity index is 1.93. The van der Waals surface area contributed by atoms with E-state index in [0.717, 1.165) is 17.7 Å². The number of rotatable bonds is 4. The SMILES string of the molecule is COc1cccc(CNC(=O)N2CCC[C@H]2C(=O)O)c1. The molecule has 0 saturated carbocycles. The van der Waals surface area contributed by atoms with Crippen molar-refractivity contribution < 1.29 is 19.4 Å². The van der Waals surface area contributed by atoms with Gasteiger partial charge in [0.15, 0.2) is 0 Å². The Morgan fingerprint density at radius 2 is 2.30 bits per heavy atom. The molecule has 0 aromatic heterocycles. The summed E-state index contributed by atoms with van der Waals surface area (Å²) in [6.07, 6.45) is 1.24. The van der Waals surface area contributed by atoms with Gasteiger partial charge >= 0.3 is 12.0 Å². The van der Waals surface area contributed by atoms with Crippen molar-refractivity contribution in [3.63, 3.8) is 0 Å². The average Bonchev–Trinajstić information content (AvgIpc) is 2.94. The molecule has 2 amide bonds. The van der Waals surface area contributed by atoms with E-state index in [1.54, 1.807) is 7.11 Å². The minimum atomic E-state index is -0.945. The second-order valence-electron chi connectivity index (χ2n) is 4.70. The third-order valence-corrected chi connectivity index (χ3v) is 3.38. The monoisotopic (exact) mass is 278 g/mol. The zero-order chi connectivity index (χ0) is 14.5. The van der Waals surface area contributed by atoms with Gasteiger partial charge < -0.3 is 20.1 Å². The number of hydrogen-bond donors (Lipinski definition) is 2. The van der Waals surface area contributed by atoms with Gasteiger partial charge in [-0.05, 0) is 30.5 Å². The number of nitrogens with zero attached hydrogens (tertiary/aromatic N) is 1. The van der Waals surface area contributed by atoms with Crippen molar-refractivity contribution in [1.29, 1.82) is 0 Å². The van der Waals surface area contributed by atoms with Gasteiger partial charge in [-0.3, -0.25) is 0 Å².